The Bertz CT molecular complexity index is 145. The van der Waals surface area contributed by atoms with Crippen LogP contribution in [0, 0.1) is 0 Å². The molecule has 1 heterocycles. The fourth-order valence-corrected chi connectivity index (χ4v) is 0.376. The molecule has 2 N–H and O–H groups in total. The van der Waals surface area contributed by atoms with Crippen LogP contribution in [0.3, 0.4) is 0 Å². The Morgan fingerprint density at radius 3 is 2.50 bits per heavy atom. The maximum absolute atomic E-state index is 5.25. The molecule has 0 saturated carbocycles. The van der Waals surface area contributed by atoms with Gasteiger partial charge in [-0.2, -0.15) is 0 Å². The van der Waals surface area contributed by atoms with Crippen molar-refractivity contribution in [1.29, 1.82) is 0 Å². The SMILES string of the molecule is Nc1ccccn1.[H-].[K+]. The van der Waals surface area contributed by atoms with Gasteiger partial charge in [-0.3, -0.25) is 0 Å². The molecule has 0 aliphatic carbocycles. The summed E-state index contributed by atoms with van der Waals surface area (Å²) in [5.41, 5.74) is 5.25. The predicted molar refractivity (Wildman–Crippen MR) is 29.8 cm³/mol. The van der Waals surface area contributed by atoms with Crippen molar-refractivity contribution in [3.63, 3.8) is 0 Å². The van der Waals surface area contributed by atoms with Crippen molar-refractivity contribution in [3.8, 4) is 0 Å². The molecule has 0 atom stereocenters. The molecule has 0 bridgehead atoms. The van der Waals surface area contributed by atoms with Crippen LogP contribution in [0.1, 0.15) is 1.43 Å². The van der Waals surface area contributed by atoms with Gasteiger partial charge in [0.2, 0.25) is 0 Å². The number of nitrogen functional groups attached to an aromatic ring is 1. The molecule has 0 aliphatic rings. The second-order valence-corrected chi connectivity index (χ2v) is 1.25. The molecule has 0 spiro atoms. The summed E-state index contributed by atoms with van der Waals surface area (Å²) >= 11 is 0. The first-order valence-electron chi connectivity index (χ1n) is 2.06. The second-order valence-electron chi connectivity index (χ2n) is 1.25. The Morgan fingerprint density at radius 2 is 2.25 bits per heavy atom. The normalized spacial score (nSPS) is 7.50. The minimum Gasteiger partial charge on any atom is -1.00 e. The maximum Gasteiger partial charge on any atom is 1.00 e. The van der Waals surface area contributed by atoms with E-state index in [0.717, 1.165) is 0 Å². The van der Waals surface area contributed by atoms with E-state index in [1.165, 1.54) is 0 Å². The van der Waals surface area contributed by atoms with Crippen molar-refractivity contribution in [2.45, 2.75) is 0 Å². The average molecular weight is 134 g/mol. The van der Waals surface area contributed by atoms with Crippen molar-refractivity contribution in [3.05, 3.63) is 24.4 Å². The van der Waals surface area contributed by atoms with Gasteiger partial charge < -0.3 is 7.16 Å². The second kappa shape index (κ2) is 4.46. The van der Waals surface area contributed by atoms with E-state index in [2.05, 4.69) is 4.98 Å². The van der Waals surface area contributed by atoms with Gasteiger partial charge in [0, 0.05) is 6.20 Å². The third-order valence-corrected chi connectivity index (χ3v) is 0.688. The first-order chi connectivity index (χ1) is 3.39. The molecule has 1 aromatic heterocycles. The van der Waals surface area contributed by atoms with Gasteiger partial charge in [-0.05, 0) is 12.1 Å². The average Bonchev–Trinajstić information content (AvgIpc) is 1.69. The molecule has 0 aliphatic heterocycles. The number of hydrogen-bond acceptors (Lipinski definition) is 2. The van der Waals surface area contributed by atoms with Gasteiger partial charge in [-0.15, -0.1) is 0 Å². The van der Waals surface area contributed by atoms with Crippen LogP contribution in [-0.4, -0.2) is 4.98 Å². The van der Waals surface area contributed by atoms with Crippen molar-refractivity contribution in [2.75, 3.05) is 5.73 Å². The summed E-state index contributed by atoms with van der Waals surface area (Å²) in [5.74, 6) is 0.572. The first-order valence-corrected chi connectivity index (χ1v) is 2.06. The van der Waals surface area contributed by atoms with Crippen LogP contribution in [0.25, 0.3) is 0 Å². The fourth-order valence-electron chi connectivity index (χ4n) is 0.376. The van der Waals surface area contributed by atoms with E-state index in [-0.39, 0.29) is 52.8 Å². The number of nitrogens with zero attached hydrogens (tertiary/aromatic N) is 1. The molecule has 0 saturated heterocycles. The van der Waals surface area contributed by atoms with Crippen molar-refractivity contribution < 1.29 is 52.8 Å². The molecule has 1 aromatic rings. The molecular weight excluding hydrogens is 127 g/mol. The van der Waals surface area contributed by atoms with Gasteiger partial charge in [0.05, 0.1) is 0 Å². The molecule has 38 valence electrons. The Kier molecular flexibility index (Phi) is 4.79. The zero-order valence-electron chi connectivity index (χ0n) is 5.83. The summed E-state index contributed by atoms with van der Waals surface area (Å²) in [6.45, 7) is 0. The first kappa shape index (κ1) is 8.59. The van der Waals surface area contributed by atoms with Crippen molar-refractivity contribution in [2.24, 2.45) is 0 Å². The van der Waals surface area contributed by atoms with Crippen LogP contribution in [0.4, 0.5) is 5.82 Å². The summed E-state index contributed by atoms with van der Waals surface area (Å²) in [6, 6.07) is 5.43. The Balaban J connectivity index is 0. The van der Waals surface area contributed by atoms with E-state index in [4.69, 9.17) is 5.73 Å². The molecule has 0 radical (unpaired) electrons. The van der Waals surface area contributed by atoms with E-state index in [1.54, 1.807) is 12.3 Å². The van der Waals surface area contributed by atoms with Gasteiger partial charge >= 0.3 is 51.4 Å². The molecule has 8 heavy (non-hydrogen) atoms. The summed E-state index contributed by atoms with van der Waals surface area (Å²) in [5, 5.41) is 0. The third-order valence-electron chi connectivity index (χ3n) is 0.688. The Hall–Kier alpha value is 0.586. The quantitative estimate of drug-likeness (QED) is 0.408. The molecule has 1 rings (SSSR count). The number of aromatic nitrogens is 1. The van der Waals surface area contributed by atoms with Crippen LogP contribution >= 0.6 is 0 Å². The number of pyridine rings is 1. The fraction of sp³-hybridized carbons (Fsp3) is 0. The largest absolute Gasteiger partial charge is 1.00 e. The van der Waals surface area contributed by atoms with Gasteiger partial charge in [-0.25, -0.2) is 4.98 Å². The van der Waals surface area contributed by atoms with E-state index >= 15 is 0 Å². The minimum absolute atomic E-state index is 0. The minimum atomic E-state index is 0. The Labute approximate surface area is 92.4 Å². The monoisotopic (exact) mass is 134 g/mol. The summed E-state index contributed by atoms with van der Waals surface area (Å²) in [7, 11) is 0. The van der Waals surface area contributed by atoms with Crippen molar-refractivity contribution >= 4 is 5.82 Å². The summed E-state index contributed by atoms with van der Waals surface area (Å²) in [4.78, 5) is 3.76. The van der Waals surface area contributed by atoms with E-state index < -0.39 is 0 Å². The molecule has 0 unspecified atom stereocenters. The van der Waals surface area contributed by atoms with Crippen molar-refractivity contribution in [1.82, 2.24) is 4.98 Å². The summed E-state index contributed by atoms with van der Waals surface area (Å²) in [6.07, 6.45) is 1.66. The number of hydrogen-bond donors (Lipinski definition) is 1. The number of anilines is 1. The third kappa shape index (κ3) is 2.79. The van der Waals surface area contributed by atoms with Crippen LogP contribution in [0.5, 0.6) is 0 Å². The van der Waals surface area contributed by atoms with E-state index in [9.17, 15) is 0 Å². The molecule has 3 heteroatoms. The summed E-state index contributed by atoms with van der Waals surface area (Å²) < 4.78 is 0. The smallest absolute Gasteiger partial charge is 1.00 e. The maximum atomic E-state index is 5.25. The van der Waals surface area contributed by atoms with Gasteiger partial charge in [0.15, 0.2) is 0 Å². The zero-order chi connectivity index (χ0) is 5.11. The Morgan fingerprint density at radius 1 is 1.50 bits per heavy atom. The molecular formula is C5H7KN2. The van der Waals surface area contributed by atoms with E-state index in [0.29, 0.717) is 5.82 Å². The number of rotatable bonds is 0. The molecule has 2 nitrogen and oxygen atoms in total. The van der Waals surface area contributed by atoms with Crippen LogP contribution in [0.2, 0.25) is 0 Å². The predicted octanol–water partition coefficient (Wildman–Crippen LogP) is -2.22. The van der Waals surface area contributed by atoms with Gasteiger partial charge in [0.1, 0.15) is 5.82 Å². The van der Waals surface area contributed by atoms with Gasteiger partial charge in [0.25, 0.3) is 0 Å². The van der Waals surface area contributed by atoms with E-state index in [1.807, 2.05) is 12.1 Å². The van der Waals surface area contributed by atoms with Crippen LogP contribution in [-0.2, 0) is 0 Å². The van der Waals surface area contributed by atoms with Crippen LogP contribution in [0.15, 0.2) is 24.4 Å². The molecule has 0 aromatic carbocycles. The standard InChI is InChI=1S/C5H6N2.K.H/c6-5-3-1-2-4-7-5;;/h1-4H,(H2,6,7);;/q;+1;-1. The zero-order valence-corrected chi connectivity index (χ0v) is 7.96. The van der Waals surface area contributed by atoms with Gasteiger partial charge in [-0.1, -0.05) is 6.07 Å². The topological polar surface area (TPSA) is 38.9 Å². The molecule has 0 amide bonds. The van der Waals surface area contributed by atoms with Crippen LogP contribution < -0.4 is 57.1 Å². The number of nitrogens with two attached hydrogens (primary N) is 1. The molecule has 0 fully saturated rings.